The monoisotopic (exact) mass is 173 g/mol. The largest absolute Gasteiger partial charge is 0.472 e. The van der Waals surface area contributed by atoms with Crippen molar-refractivity contribution in [3.8, 4) is 11.1 Å². The van der Waals surface area contributed by atoms with Gasteiger partial charge in [-0.05, 0) is 36.2 Å². The molecule has 2 rings (SSSR count). The van der Waals surface area contributed by atoms with Crippen molar-refractivity contribution < 1.29 is 4.42 Å². The Hall–Kier alpha value is -1.70. The van der Waals surface area contributed by atoms with Crippen molar-refractivity contribution in [3.63, 3.8) is 0 Å². The molecule has 0 aliphatic rings. The maximum absolute atomic E-state index is 5.72. The SMILES string of the molecule is Cc1cc(-c2ccoc2)ccc1N. The molecule has 0 aliphatic carbocycles. The smallest absolute Gasteiger partial charge is 0.0980 e. The van der Waals surface area contributed by atoms with Crippen LogP contribution < -0.4 is 5.73 Å². The fourth-order valence-corrected chi connectivity index (χ4v) is 1.28. The maximum atomic E-state index is 5.72. The molecule has 0 unspecified atom stereocenters. The van der Waals surface area contributed by atoms with Gasteiger partial charge in [-0.2, -0.15) is 0 Å². The molecule has 13 heavy (non-hydrogen) atoms. The molecule has 0 radical (unpaired) electrons. The van der Waals surface area contributed by atoms with E-state index in [9.17, 15) is 0 Å². The Labute approximate surface area is 77.0 Å². The van der Waals surface area contributed by atoms with Crippen LogP contribution in [0, 0.1) is 6.92 Å². The minimum Gasteiger partial charge on any atom is -0.472 e. The zero-order valence-electron chi connectivity index (χ0n) is 7.45. The van der Waals surface area contributed by atoms with Crippen LogP contribution in [0.4, 0.5) is 5.69 Å². The van der Waals surface area contributed by atoms with Gasteiger partial charge in [-0.15, -0.1) is 0 Å². The Morgan fingerprint density at radius 1 is 1.15 bits per heavy atom. The van der Waals surface area contributed by atoms with Crippen LogP contribution in [0.5, 0.6) is 0 Å². The molecule has 0 saturated carbocycles. The van der Waals surface area contributed by atoms with E-state index in [0.29, 0.717) is 0 Å². The molecule has 2 heteroatoms. The van der Waals surface area contributed by atoms with Gasteiger partial charge in [0.05, 0.1) is 12.5 Å². The molecule has 0 amide bonds. The molecule has 1 aromatic heterocycles. The highest BCUT2D eigenvalue weighted by Gasteiger charge is 2.00. The second-order valence-electron chi connectivity index (χ2n) is 3.08. The summed E-state index contributed by atoms with van der Waals surface area (Å²) in [7, 11) is 0. The lowest BCUT2D eigenvalue weighted by molar-refractivity contribution is 0.568. The average molecular weight is 173 g/mol. The summed E-state index contributed by atoms with van der Waals surface area (Å²) in [4.78, 5) is 0. The molecule has 0 aliphatic heterocycles. The first-order valence-electron chi connectivity index (χ1n) is 4.16. The van der Waals surface area contributed by atoms with Gasteiger partial charge in [0.2, 0.25) is 0 Å². The van der Waals surface area contributed by atoms with E-state index in [2.05, 4.69) is 6.07 Å². The highest BCUT2D eigenvalue weighted by molar-refractivity contribution is 5.66. The van der Waals surface area contributed by atoms with Crippen LogP contribution in [0.25, 0.3) is 11.1 Å². The second kappa shape index (κ2) is 2.98. The van der Waals surface area contributed by atoms with E-state index in [1.165, 1.54) is 0 Å². The van der Waals surface area contributed by atoms with Crippen molar-refractivity contribution in [1.82, 2.24) is 0 Å². The Morgan fingerprint density at radius 3 is 2.62 bits per heavy atom. The lowest BCUT2D eigenvalue weighted by atomic mass is 10.1. The predicted octanol–water partition coefficient (Wildman–Crippen LogP) is 2.84. The summed E-state index contributed by atoms with van der Waals surface area (Å²) in [5, 5.41) is 0. The highest BCUT2D eigenvalue weighted by atomic mass is 16.3. The van der Waals surface area contributed by atoms with Gasteiger partial charge in [0, 0.05) is 11.3 Å². The molecule has 0 saturated heterocycles. The molecule has 0 spiro atoms. The van der Waals surface area contributed by atoms with E-state index in [1.807, 2.05) is 25.1 Å². The van der Waals surface area contributed by atoms with Gasteiger partial charge >= 0.3 is 0 Å². The highest BCUT2D eigenvalue weighted by Crippen LogP contribution is 2.23. The normalized spacial score (nSPS) is 10.2. The topological polar surface area (TPSA) is 39.2 Å². The van der Waals surface area contributed by atoms with E-state index in [4.69, 9.17) is 10.2 Å². The third-order valence-corrected chi connectivity index (χ3v) is 2.12. The summed E-state index contributed by atoms with van der Waals surface area (Å²) in [5.74, 6) is 0. The van der Waals surface area contributed by atoms with Crippen LogP contribution in [0.3, 0.4) is 0 Å². The molecule has 0 atom stereocenters. The molecule has 2 N–H and O–H groups in total. The minimum absolute atomic E-state index is 0.826. The van der Waals surface area contributed by atoms with Gasteiger partial charge in [-0.3, -0.25) is 0 Å². The Balaban J connectivity index is 2.49. The van der Waals surface area contributed by atoms with Crippen molar-refractivity contribution in [3.05, 3.63) is 42.4 Å². The number of anilines is 1. The lowest BCUT2D eigenvalue weighted by Gasteiger charge is -2.02. The quantitative estimate of drug-likeness (QED) is 0.673. The average Bonchev–Trinajstić information content (AvgIpc) is 2.62. The van der Waals surface area contributed by atoms with Gasteiger partial charge in [-0.25, -0.2) is 0 Å². The predicted molar refractivity (Wildman–Crippen MR) is 53.3 cm³/mol. The first-order valence-corrected chi connectivity index (χ1v) is 4.16. The van der Waals surface area contributed by atoms with E-state index in [0.717, 1.165) is 22.4 Å². The Morgan fingerprint density at radius 2 is 2.00 bits per heavy atom. The zero-order valence-corrected chi connectivity index (χ0v) is 7.45. The molecule has 0 fully saturated rings. The van der Waals surface area contributed by atoms with Gasteiger partial charge in [0.1, 0.15) is 0 Å². The lowest BCUT2D eigenvalue weighted by Crippen LogP contribution is -1.88. The number of aryl methyl sites for hydroxylation is 1. The number of hydrogen-bond acceptors (Lipinski definition) is 2. The van der Waals surface area contributed by atoms with Crippen molar-refractivity contribution in [1.29, 1.82) is 0 Å². The summed E-state index contributed by atoms with van der Waals surface area (Å²) in [5.41, 5.74) is 9.87. The number of rotatable bonds is 1. The fraction of sp³-hybridized carbons (Fsp3) is 0.0909. The minimum atomic E-state index is 0.826. The summed E-state index contributed by atoms with van der Waals surface area (Å²) in [6.45, 7) is 2.00. The summed E-state index contributed by atoms with van der Waals surface area (Å²) >= 11 is 0. The van der Waals surface area contributed by atoms with Crippen LogP contribution in [-0.2, 0) is 0 Å². The van der Waals surface area contributed by atoms with E-state index in [-0.39, 0.29) is 0 Å². The van der Waals surface area contributed by atoms with Gasteiger partial charge in [0.15, 0.2) is 0 Å². The number of hydrogen-bond donors (Lipinski definition) is 1. The van der Waals surface area contributed by atoms with E-state index in [1.54, 1.807) is 12.5 Å². The number of nitrogen functional groups attached to an aromatic ring is 1. The Bertz CT molecular complexity index is 404. The second-order valence-corrected chi connectivity index (χ2v) is 3.08. The molecule has 0 bridgehead atoms. The van der Waals surface area contributed by atoms with Crippen LogP contribution in [-0.4, -0.2) is 0 Å². The maximum Gasteiger partial charge on any atom is 0.0980 e. The Kier molecular flexibility index (Phi) is 1.81. The molecule has 2 aromatic rings. The molecule has 1 heterocycles. The van der Waals surface area contributed by atoms with Crippen molar-refractivity contribution in [2.75, 3.05) is 5.73 Å². The standard InChI is InChI=1S/C11H11NO/c1-8-6-9(2-3-11(8)12)10-4-5-13-7-10/h2-7H,12H2,1H3. The van der Waals surface area contributed by atoms with Crippen LogP contribution in [0.15, 0.2) is 41.2 Å². The van der Waals surface area contributed by atoms with E-state index < -0.39 is 0 Å². The first kappa shape index (κ1) is 7.92. The molecule has 1 aromatic carbocycles. The van der Waals surface area contributed by atoms with E-state index >= 15 is 0 Å². The number of furan rings is 1. The molecular formula is C11H11NO. The van der Waals surface area contributed by atoms with Crippen LogP contribution >= 0.6 is 0 Å². The number of benzene rings is 1. The summed E-state index contributed by atoms with van der Waals surface area (Å²) < 4.78 is 5.01. The third-order valence-electron chi connectivity index (χ3n) is 2.12. The van der Waals surface area contributed by atoms with Gasteiger partial charge < -0.3 is 10.2 Å². The molecule has 66 valence electrons. The fourth-order valence-electron chi connectivity index (χ4n) is 1.28. The van der Waals surface area contributed by atoms with Crippen LogP contribution in [0.1, 0.15) is 5.56 Å². The summed E-state index contributed by atoms with van der Waals surface area (Å²) in [6.07, 6.45) is 3.39. The van der Waals surface area contributed by atoms with Gasteiger partial charge in [-0.1, -0.05) is 6.07 Å². The van der Waals surface area contributed by atoms with Gasteiger partial charge in [0.25, 0.3) is 0 Å². The van der Waals surface area contributed by atoms with Crippen molar-refractivity contribution in [2.24, 2.45) is 0 Å². The first-order chi connectivity index (χ1) is 6.27. The molecule has 2 nitrogen and oxygen atoms in total. The van der Waals surface area contributed by atoms with Crippen LogP contribution in [0.2, 0.25) is 0 Å². The summed E-state index contributed by atoms with van der Waals surface area (Å²) in [6, 6.07) is 7.90. The van der Waals surface area contributed by atoms with Crippen molar-refractivity contribution >= 4 is 5.69 Å². The van der Waals surface area contributed by atoms with Crippen molar-refractivity contribution in [2.45, 2.75) is 6.92 Å². The molecular weight excluding hydrogens is 162 g/mol. The zero-order chi connectivity index (χ0) is 9.26. The third kappa shape index (κ3) is 1.43. The number of nitrogens with two attached hydrogens (primary N) is 1.